The predicted octanol–water partition coefficient (Wildman–Crippen LogP) is 2.42. The minimum atomic E-state index is -0.409. The highest BCUT2D eigenvalue weighted by molar-refractivity contribution is 5.96. The minimum absolute atomic E-state index is 0.0923. The lowest BCUT2D eigenvalue weighted by Crippen LogP contribution is -2.55. The number of carbonyl (C=O) groups is 1. The number of hydrogen-bond acceptors (Lipinski definition) is 3. The monoisotopic (exact) mass is 316 g/mol. The molecule has 4 fully saturated rings. The summed E-state index contributed by atoms with van der Waals surface area (Å²) in [6.45, 7) is 2.10. The Morgan fingerprint density at radius 2 is 1.83 bits per heavy atom. The molecule has 4 saturated carbocycles. The number of nitrogens with one attached hydrogen (secondary N) is 2. The van der Waals surface area contributed by atoms with Gasteiger partial charge in [-0.3, -0.25) is 9.59 Å². The summed E-state index contributed by atoms with van der Waals surface area (Å²) in [5.74, 6) is 1.94. The van der Waals surface area contributed by atoms with Crippen LogP contribution in [0, 0.1) is 23.2 Å². The summed E-state index contributed by atoms with van der Waals surface area (Å²) < 4.78 is 0. The summed E-state index contributed by atoms with van der Waals surface area (Å²) >= 11 is 0. The van der Waals surface area contributed by atoms with E-state index in [-0.39, 0.29) is 28.7 Å². The van der Waals surface area contributed by atoms with E-state index in [9.17, 15) is 14.7 Å². The maximum Gasteiger partial charge on any atom is 0.256 e. The topological polar surface area (TPSA) is 82.2 Å². The normalized spacial score (nSPS) is 36.0. The first-order valence-corrected chi connectivity index (χ1v) is 8.68. The van der Waals surface area contributed by atoms with Crippen molar-refractivity contribution in [3.8, 4) is 5.75 Å². The molecule has 0 aromatic carbocycles. The molecule has 124 valence electrons. The molecule has 4 bridgehead atoms. The predicted molar refractivity (Wildman–Crippen MR) is 86.3 cm³/mol. The summed E-state index contributed by atoms with van der Waals surface area (Å²) in [4.78, 5) is 26.1. The highest BCUT2D eigenvalue weighted by Crippen LogP contribution is 2.61. The van der Waals surface area contributed by atoms with Crippen molar-refractivity contribution in [3.05, 3.63) is 28.2 Å². The molecule has 1 aromatic rings. The third kappa shape index (κ3) is 2.46. The van der Waals surface area contributed by atoms with E-state index in [2.05, 4.69) is 17.2 Å². The van der Waals surface area contributed by atoms with Gasteiger partial charge in [0, 0.05) is 18.3 Å². The van der Waals surface area contributed by atoms with E-state index < -0.39 is 5.56 Å². The van der Waals surface area contributed by atoms with Gasteiger partial charge < -0.3 is 15.4 Å². The van der Waals surface area contributed by atoms with Crippen LogP contribution in [0.3, 0.4) is 0 Å². The first-order chi connectivity index (χ1) is 10.9. The van der Waals surface area contributed by atoms with Gasteiger partial charge in [-0.05, 0) is 68.6 Å². The molecule has 0 radical (unpaired) electrons. The third-order valence-electron chi connectivity index (χ3n) is 6.50. The fraction of sp³-hybridized carbons (Fsp3) is 0.667. The van der Waals surface area contributed by atoms with E-state index in [1.54, 1.807) is 0 Å². The van der Waals surface area contributed by atoms with E-state index in [1.165, 1.54) is 44.7 Å². The Bertz CT molecular complexity index is 658. The van der Waals surface area contributed by atoms with Crippen molar-refractivity contribution in [1.82, 2.24) is 10.3 Å². The molecule has 23 heavy (non-hydrogen) atoms. The number of aromatic nitrogens is 1. The molecule has 4 aliphatic carbocycles. The van der Waals surface area contributed by atoms with Gasteiger partial charge in [0.25, 0.3) is 11.5 Å². The van der Waals surface area contributed by atoms with Gasteiger partial charge in [-0.15, -0.1) is 0 Å². The summed E-state index contributed by atoms with van der Waals surface area (Å²) in [7, 11) is 0. The van der Waals surface area contributed by atoms with Gasteiger partial charge >= 0.3 is 0 Å². The summed E-state index contributed by atoms with van der Waals surface area (Å²) in [6.07, 6.45) is 9.08. The largest absolute Gasteiger partial charge is 0.507 e. The van der Waals surface area contributed by atoms with Crippen LogP contribution in [0.2, 0.25) is 0 Å². The molecule has 0 saturated heterocycles. The fourth-order valence-electron chi connectivity index (χ4n) is 5.78. The Balaban J connectivity index is 1.52. The van der Waals surface area contributed by atoms with Crippen LogP contribution in [0.15, 0.2) is 17.1 Å². The highest BCUT2D eigenvalue weighted by atomic mass is 16.3. The molecule has 1 amide bonds. The fourth-order valence-corrected chi connectivity index (χ4v) is 5.78. The quantitative estimate of drug-likeness (QED) is 0.801. The van der Waals surface area contributed by atoms with E-state index in [1.807, 2.05) is 0 Å². The Morgan fingerprint density at radius 3 is 2.35 bits per heavy atom. The summed E-state index contributed by atoms with van der Waals surface area (Å²) in [5, 5.41) is 12.9. The molecular weight excluding hydrogens is 292 g/mol. The molecule has 1 aromatic heterocycles. The van der Waals surface area contributed by atoms with Crippen LogP contribution in [0.5, 0.6) is 5.75 Å². The van der Waals surface area contributed by atoms with Crippen molar-refractivity contribution in [2.24, 2.45) is 23.2 Å². The second-order valence-electron chi connectivity index (χ2n) is 8.07. The van der Waals surface area contributed by atoms with Crippen LogP contribution in [0.4, 0.5) is 0 Å². The zero-order chi connectivity index (χ0) is 16.2. The smallest absolute Gasteiger partial charge is 0.256 e. The van der Waals surface area contributed by atoms with Crippen molar-refractivity contribution in [1.29, 1.82) is 0 Å². The first-order valence-electron chi connectivity index (χ1n) is 8.68. The molecule has 5 nitrogen and oxygen atoms in total. The Morgan fingerprint density at radius 1 is 1.26 bits per heavy atom. The number of aromatic hydroxyl groups is 1. The maximum absolute atomic E-state index is 12.5. The Hall–Kier alpha value is -1.78. The van der Waals surface area contributed by atoms with Crippen LogP contribution >= 0.6 is 0 Å². The van der Waals surface area contributed by atoms with Gasteiger partial charge in [-0.25, -0.2) is 0 Å². The average molecular weight is 316 g/mol. The molecule has 1 atom stereocenters. The zero-order valence-electron chi connectivity index (χ0n) is 13.5. The molecular formula is C18H24N2O3. The first kappa shape index (κ1) is 14.8. The number of amides is 1. The van der Waals surface area contributed by atoms with Crippen LogP contribution < -0.4 is 10.9 Å². The third-order valence-corrected chi connectivity index (χ3v) is 6.50. The molecule has 5 rings (SSSR count). The average Bonchev–Trinajstić information content (AvgIpc) is 2.45. The number of rotatable bonds is 3. The molecule has 1 heterocycles. The number of carbonyl (C=O) groups excluding carboxylic acids is 1. The minimum Gasteiger partial charge on any atom is -0.507 e. The highest BCUT2D eigenvalue weighted by Gasteiger charge is 2.53. The Labute approximate surface area is 135 Å². The molecule has 0 spiro atoms. The van der Waals surface area contributed by atoms with Gasteiger partial charge in [-0.1, -0.05) is 0 Å². The van der Waals surface area contributed by atoms with Crippen molar-refractivity contribution < 1.29 is 9.90 Å². The second kappa shape index (κ2) is 5.11. The lowest BCUT2D eigenvalue weighted by atomic mass is 9.48. The van der Waals surface area contributed by atoms with Gasteiger partial charge in [0.2, 0.25) is 0 Å². The van der Waals surface area contributed by atoms with Gasteiger partial charge in [0.15, 0.2) is 0 Å². The van der Waals surface area contributed by atoms with Crippen molar-refractivity contribution in [3.63, 3.8) is 0 Å². The standard InChI is InChI=1S/C18H24N2O3/c1-10(20-17(23)14-9-19-16(22)5-15(14)21)18-6-11-2-12(7-18)4-13(3-11)8-18/h5,9-13H,2-4,6-8H2,1H3,(H,20,23)(H2,19,21,22). The second-order valence-corrected chi connectivity index (χ2v) is 8.07. The van der Waals surface area contributed by atoms with Crippen molar-refractivity contribution in [2.45, 2.75) is 51.5 Å². The molecule has 3 N–H and O–H groups in total. The maximum atomic E-state index is 12.5. The van der Waals surface area contributed by atoms with Crippen LogP contribution in [0.25, 0.3) is 0 Å². The molecule has 1 unspecified atom stereocenters. The number of hydrogen-bond donors (Lipinski definition) is 3. The van der Waals surface area contributed by atoms with Crippen LogP contribution in [-0.2, 0) is 0 Å². The SMILES string of the molecule is CC(NC(=O)c1c[nH]c(=O)cc1O)C12CC3CC(CC(C3)C1)C2. The van der Waals surface area contributed by atoms with E-state index in [0.29, 0.717) is 0 Å². The number of aromatic amines is 1. The van der Waals surface area contributed by atoms with E-state index >= 15 is 0 Å². The van der Waals surface area contributed by atoms with Gasteiger partial charge in [0.1, 0.15) is 5.75 Å². The summed E-state index contributed by atoms with van der Waals surface area (Å²) in [6, 6.07) is 1.14. The molecule has 0 aliphatic heterocycles. The zero-order valence-corrected chi connectivity index (χ0v) is 13.5. The lowest BCUT2D eigenvalue weighted by Gasteiger charge is -2.59. The van der Waals surface area contributed by atoms with Crippen LogP contribution in [-0.4, -0.2) is 22.0 Å². The summed E-state index contributed by atoms with van der Waals surface area (Å²) in [5.41, 5.74) is -0.0447. The molecule has 4 aliphatic rings. The van der Waals surface area contributed by atoms with Crippen molar-refractivity contribution in [2.75, 3.05) is 0 Å². The Kier molecular flexibility index (Phi) is 3.29. The van der Waals surface area contributed by atoms with Gasteiger partial charge in [-0.2, -0.15) is 0 Å². The van der Waals surface area contributed by atoms with Crippen molar-refractivity contribution >= 4 is 5.91 Å². The van der Waals surface area contributed by atoms with E-state index in [4.69, 9.17) is 0 Å². The number of pyridine rings is 1. The lowest BCUT2D eigenvalue weighted by molar-refractivity contribution is -0.0688. The van der Waals surface area contributed by atoms with Crippen LogP contribution in [0.1, 0.15) is 55.8 Å². The number of H-pyrrole nitrogens is 1. The van der Waals surface area contributed by atoms with Gasteiger partial charge in [0.05, 0.1) is 5.56 Å². The molecule has 5 heteroatoms. The van der Waals surface area contributed by atoms with E-state index in [0.717, 1.165) is 23.8 Å².